The summed E-state index contributed by atoms with van der Waals surface area (Å²) in [4.78, 5) is 25.6. The number of nitrogens with zero attached hydrogens (tertiary/aromatic N) is 6. The molecule has 0 aliphatic carbocycles. The van der Waals surface area contributed by atoms with Crippen LogP contribution in [0.3, 0.4) is 0 Å². The van der Waals surface area contributed by atoms with Gasteiger partial charge in [0, 0.05) is 49.4 Å². The Morgan fingerprint density at radius 2 is 1.89 bits per heavy atom. The molecule has 1 aliphatic heterocycles. The maximum Gasteiger partial charge on any atom is 0.323 e. The molecule has 0 atom stereocenters. The number of urea groups is 1. The van der Waals surface area contributed by atoms with Crippen LogP contribution in [0, 0.1) is 6.92 Å². The lowest BCUT2D eigenvalue weighted by Crippen LogP contribution is -2.51. The molecule has 0 bridgehead atoms. The maximum absolute atomic E-state index is 12.6. The third-order valence-corrected chi connectivity index (χ3v) is 5.80. The topological polar surface area (TPSA) is 87.1 Å². The second-order valence-corrected chi connectivity index (χ2v) is 8.34. The molecule has 0 unspecified atom stereocenters. The highest BCUT2D eigenvalue weighted by molar-refractivity contribution is 7.14. The van der Waals surface area contributed by atoms with Gasteiger partial charge in [0.15, 0.2) is 0 Å². The number of amides is 2. The largest absolute Gasteiger partial charge is 0.323 e. The van der Waals surface area contributed by atoms with Crippen LogP contribution in [0.5, 0.6) is 0 Å². The molecule has 146 valence electrons. The number of pyridine rings is 2. The van der Waals surface area contributed by atoms with Gasteiger partial charge in [-0.2, -0.15) is 0 Å². The number of anilines is 1. The third-order valence-electron chi connectivity index (χ3n) is 4.91. The van der Waals surface area contributed by atoms with Crippen molar-refractivity contribution in [3.05, 3.63) is 29.5 Å². The average molecular weight is 398 g/mol. The van der Waals surface area contributed by atoms with Crippen molar-refractivity contribution in [3.63, 3.8) is 0 Å². The van der Waals surface area contributed by atoms with E-state index in [1.165, 1.54) is 11.3 Å². The molecule has 2 amide bonds. The number of aryl methyl sites for hydroxylation is 1. The molecule has 3 aromatic heterocycles. The van der Waals surface area contributed by atoms with Gasteiger partial charge in [-0.05, 0) is 32.9 Å². The van der Waals surface area contributed by atoms with Crippen LogP contribution in [0.25, 0.3) is 21.5 Å². The number of hydrogen-bond acceptors (Lipinski definition) is 7. The van der Waals surface area contributed by atoms with E-state index in [0.717, 1.165) is 52.7 Å². The van der Waals surface area contributed by atoms with Crippen molar-refractivity contribution in [3.8, 4) is 10.6 Å². The Labute approximate surface area is 167 Å². The fourth-order valence-electron chi connectivity index (χ4n) is 3.26. The van der Waals surface area contributed by atoms with Gasteiger partial charge in [0.1, 0.15) is 15.8 Å². The highest BCUT2D eigenvalue weighted by Crippen LogP contribution is 2.26. The van der Waals surface area contributed by atoms with Gasteiger partial charge in [-0.3, -0.25) is 15.2 Å². The van der Waals surface area contributed by atoms with Crippen LogP contribution < -0.4 is 5.32 Å². The summed E-state index contributed by atoms with van der Waals surface area (Å²) < 4.78 is 0. The summed E-state index contributed by atoms with van der Waals surface area (Å²) in [5.41, 5.74) is 1.68. The quantitative estimate of drug-likeness (QED) is 0.731. The summed E-state index contributed by atoms with van der Waals surface area (Å²) in [6.45, 7) is 9.52. The first-order chi connectivity index (χ1) is 13.5. The molecule has 1 aliphatic rings. The van der Waals surface area contributed by atoms with Crippen molar-refractivity contribution in [1.82, 2.24) is 30.0 Å². The van der Waals surface area contributed by atoms with Crippen molar-refractivity contribution < 1.29 is 4.79 Å². The van der Waals surface area contributed by atoms with Crippen LogP contribution in [0.2, 0.25) is 0 Å². The molecule has 3 aromatic rings. The number of carbonyl (C=O) groups excluding carboxylic acids is 1. The standard InChI is InChI=1S/C19H23N7OS/c1-12(2)25-4-6-26(7-5-25)19(27)22-17-9-14-8-15(10-20-16(14)11-21-17)18-24-23-13(3)28-18/h8-12H,4-7H2,1-3H3,(H,21,22,27). The Hall–Kier alpha value is -2.65. The molecule has 4 rings (SSSR count). The Kier molecular flexibility index (Phi) is 5.19. The van der Waals surface area contributed by atoms with Crippen molar-refractivity contribution >= 4 is 34.1 Å². The summed E-state index contributed by atoms with van der Waals surface area (Å²) in [7, 11) is 0. The number of carbonyl (C=O) groups is 1. The van der Waals surface area contributed by atoms with E-state index in [2.05, 4.69) is 44.2 Å². The van der Waals surface area contributed by atoms with E-state index in [4.69, 9.17) is 0 Å². The second kappa shape index (κ2) is 7.76. The molecule has 0 aromatic carbocycles. The zero-order valence-electron chi connectivity index (χ0n) is 16.2. The van der Waals surface area contributed by atoms with E-state index < -0.39 is 0 Å². The van der Waals surface area contributed by atoms with Gasteiger partial charge < -0.3 is 4.90 Å². The van der Waals surface area contributed by atoms with Crippen molar-refractivity contribution in [2.45, 2.75) is 26.8 Å². The van der Waals surface area contributed by atoms with Crippen molar-refractivity contribution in [2.24, 2.45) is 0 Å². The predicted molar refractivity (Wildman–Crippen MR) is 110 cm³/mol. The van der Waals surface area contributed by atoms with Gasteiger partial charge in [-0.1, -0.05) is 11.3 Å². The van der Waals surface area contributed by atoms with Crippen molar-refractivity contribution in [2.75, 3.05) is 31.5 Å². The lowest BCUT2D eigenvalue weighted by atomic mass is 10.2. The van der Waals surface area contributed by atoms with Gasteiger partial charge in [0.2, 0.25) is 0 Å². The van der Waals surface area contributed by atoms with Crippen LogP contribution in [0.15, 0.2) is 24.5 Å². The predicted octanol–water partition coefficient (Wildman–Crippen LogP) is 3.01. The normalized spacial score (nSPS) is 15.4. The van der Waals surface area contributed by atoms with Crippen LogP contribution in [0.1, 0.15) is 18.9 Å². The number of rotatable bonds is 3. The summed E-state index contributed by atoms with van der Waals surface area (Å²) in [5, 5.41) is 13.8. The molecule has 0 saturated carbocycles. The molecular weight excluding hydrogens is 374 g/mol. The Morgan fingerprint density at radius 3 is 2.57 bits per heavy atom. The van der Waals surface area contributed by atoms with Crippen LogP contribution in [-0.4, -0.2) is 68.2 Å². The number of nitrogens with one attached hydrogen (secondary N) is 1. The fourth-order valence-corrected chi connectivity index (χ4v) is 3.93. The molecule has 1 N–H and O–H groups in total. The van der Waals surface area contributed by atoms with E-state index in [1.807, 2.05) is 24.0 Å². The van der Waals surface area contributed by atoms with Gasteiger partial charge in [-0.25, -0.2) is 9.78 Å². The van der Waals surface area contributed by atoms with E-state index in [-0.39, 0.29) is 6.03 Å². The molecule has 8 nitrogen and oxygen atoms in total. The molecule has 0 spiro atoms. The lowest BCUT2D eigenvalue weighted by molar-refractivity contribution is 0.125. The van der Waals surface area contributed by atoms with Gasteiger partial charge >= 0.3 is 6.03 Å². The molecule has 1 fully saturated rings. The zero-order chi connectivity index (χ0) is 19.7. The summed E-state index contributed by atoms with van der Waals surface area (Å²) >= 11 is 1.53. The summed E-state index contributed by atoms with van der Waals surface area (Å²) in [6.07, 6.45) is 3.45. The van der Waals surface area contributed by atoms with Crippen LogP contribution >= 0.6 is 11.3 Å². The van der Waals surface area contributed by atoms with E-state index in [1.54, 1.807) is 12.4 Å². The van der Waals surface area contributed by atoms with Crippen molar-refractivity contribution in [1.29, 1.82) is 0 Å². The number of fused-ring (bicyclic) bond motifs is 1. The molecule has 1 saturated heterocycles. The first-order valence-corrected chi connectivity index (χ1v) is 10.2. The highest BCUT2D eigenvalue weighted by Gasteiger charge is 2.22. The fraction of sp³-hybridized carbons (Fsp3) is 0.421. The minimum Gasteiger partial charge on any atom is -0.322 e. The summed E-state index contributed by atoms with van der Waals surface area (Å²) in [5.74, 6) is 0.524. The van der Waals surface area contributed by atoms with Gasteiger partial charge in [0.25, 0.3) is 0 Å². The first kappa shape index (κ1) is 18.7. The van der Waals surface area contributed by atoms with E-state index in [0.29, 0.717) is 11.9 Å². The average Bonchev–Trinajstić information content (AvgIpc) is 3.14. The summed E-state index contributed by atoms with van der Waals surface area (Å²) in [6, 6.07) is 4.24. The van der Waals surface area contributed by atoms with Gasteiger partial charge in [-0.15, -0.1) is 10.2 Å². The third kappa shape index (κ3) is 3.95. The maximum atomic E-state index is 12.6. The smallest absolute Gasteiger partial charge is 0.322 e. The Bertz CT molecular complexity index is 995. The minimum atomic E-state index is -0.112. The number of piperazine rings is 1. The Balaban J connectivity index is 1.49. The van der Waals surface area contributed by atoms with E-state index in [9.17, 15) is 4.79 Å². The zero-order valence-corrected chi connectivity index (χ0v) is 17.0. The molecule has 28 heavy (non-hydrogen) atoms. The monoisotopic (exact) mass is 397 g/mol. The molecule has 4 heterocycles. The minimum absolute atomic E-state index is 0.112. The van der Waals surface area contributed by atoms with Crippen LogP contribution in [-0.2, 0) is 0 Å². The molecule has 9 heteroatoms. The highest BCUT2D eigenvalue weighted by atomic mass is 32.1. The lowest BCUT2D eigenvalue weighted by Gasteiger charge is -2.36. The number of hydrogen-bond donors (Lipinski definition) is 1. The molecular formula is C19H23N7OS. The SMILES string of the molecule is Cc1nnc(-c2cnc3cnc(NC(=O)N4CCN(C(C)C)CC4)cc3c2)s1. The van der Waals surface area contributed by atoms with Crippen LogP contribution in [0.4, 0.5) is 10.6 Å². The van der Waals surface area contributed by atoms with Gasteiger partial charge in [0.05, 0.1) is 11.7 Å². The number of aromatic nitrogens is 4. The Morgan fingerprint density at radius 1 is 1.11 bits per heavy atom. The second-order valence-electron chi connectivity index (χ2n) is 7.16. The van der Waals surface area contributed by atoms with E-state index >= 15 is 0 Å². The first-order valence-electron chi connectivity index (χ1n) is 9.36. The molecule has 0 radical (unpaired) electrons.